The van der Waals surface area contributed by atoms with E-state index in [4.69, 9.17) is 0 Å². The molecule has 3 aromatic rings. The zero-order chi connectivity index (χ0) is 11.7. The van der Waals surface area contributed by atoms with E-state index in [2.05, 4.69) is 45.3 Å². The highest BCUT2D eigenvalue weighted by Gasteiger charge is 2.08. The average Bonchev–Trinajstić information content (AvgIpc) is 3.00. The zero-order valence-corrected chi connectivity index (χ0v) is 10.3. The summed E-state index contributed by atoms with van der Waals surface area (Å²) < 4.78 is 0. The molecule has 0 spiro atoms. The van der Waals surface area contributed by atoms with Gasteiger partial charge in [0.25, 0.3) is 0 Å². The van der Waals surface area contributed by atoms with Crippen molar-refractivity contribution in [3.05, 3.63) is 46.8 Å². The van der Waals surface area contributed by atoms with Crippen molar-refractivity contribution in [3.63, 3.8) is 0 Å². The van der Waals surface area contributed by atoms with Crippen molar-refractivity contribution in [1.29, 1.82) is 0 Å². The predicted octanol–water partition coefficient (Wildman–Crippen LogP) is 3.80. The van der Waals surface area contributed by atoms with Crippen LogP contribution in [-0.4, -0.2) is 10.2 Å². The van der Waals surface area contributed by atoms with E-state index in [1.165, 1.54) is 5.56 Å². The Morgan fingerprint density at radius 2 is 2.29 bits per heavy atom. The van der Waals surface area contributed by atoms with E-state index in [1.807, 2.05) is 18.3 Å². The van der Waals surface area contributed by atoms with E-state index < -0.39 is 0 Å². The summed E-state index contributed by atoms with van der Waals surface area (Å²) in [5.74, 6) is 0. The van der Waals surface area contributed by atoms with Gasteiger partial charge in [0.1, 0.15) is 0 Å². The van der Waals surface area contributed by atoms with Crippen LogP contribution in [0, 0.1) is 0 Å². The number of nitrogens with zero attached hydrogens (tertiary/aromatic N) is 1. The normalized spacial score (nSPS) is 12.8. The summed E-state index contributed by atoms with van der Waals surface area (Å²) in [6.45, 7) is 2.17. The molecule has 2 N–H and O–H groups in total. The summed E-state index contributed by atoms with van der Waals surface area (Å²) in [5.41, 5.74) is 3.50. The van der Waals surface area contributed by atoms with Crippen molar-refractivity contribution >= 4 is 27.9 Å². The van der Waals surface area contributed by atoms with Crippen molar-refractivity contribution in [2.45, 2.75) is 13.0 Å². The van der Waals surface area contributed by atoms with Crippen LogP contribution >= 0.6 is 11.3 Å². The molecule has 0 saturated carbocycles. The smallest absolute Gasteiger partial charge is 0.0671 e. The number of hydrogen-bond acceptors (Lipinski definition) is 3. The second-order valence-electron chi connectivity index (χ2n) is 4.06. The lowest BCUT2D eigenvalue weighted by Crippen LogP contribution is -2.05. The second kappa shape index (κ2) is 4.22. The zero-order valence-electron chi connectivity index (χ0n) is 9.47. The Labute approximate surface area is 103 Å². The monoisotopic (exact) mass is 243 g/mol. The minimum Gasteiger partial charge on any atom is -0.378 e. The van der Waals surface area contributed by atoms with Crippen LogP contribution in [0.2, 0.25) is 0 Å². The van der Waals surface area contributed by atoms with E-state index in [0.717, 1.165) is 16.6 Å². The molecule has 0 radical (unpaired) electrons. The van der Waals surface area contributed by atoms with Crippen molar-refractivity contribution in [3.8, 4) is 0 Å². The molecule has 0 aliphatic rings. The van der Waals surface area contributed by atoms with E-state index >= 15 is 0 Å². The molecule has 0 aliphatic carbocycles. The maximum atomic E-state index is 4.07. The lowest BCUT2D eigenvalue weighted by Gasteiger charge is -2.14. The van der Waals surface area contributed by atoms with Crippen LogP contribution in [-0.2, 0) is 0 Å². The van der Waals surface area contributed by atoms with Crippen LogP contribution in [0.25, 0.3) is 10.9 Å². The maximum Gasteiger partial charge on any atom is 0.0671 e. The number of hydrogen-bond donors (Lipinski definition) is 2. The molecule has 17 heavy (non-hydrogen) atoms. The Bertz CT molecular complexity index is 612. The minimum absolute atomic E-state index is 0.307. The summed E-state index contributed by atoms with van der Waals surface area (Å²) in [5, 5.41) is 16.0. The first-order valence-electron chi connectivity index (χ1n) is 5.55. The molecule has 0 fully saturated rings. The lowest BCUT2D eigenvalue weighted by atomic mass is 10.1. The Morgan fingerprint density at radius 3 is 3.12 bits per heavy atom. The van der Waals surface area contributed by atoms with Gasteiger partial charge in [-0.3, -0.25) is 5.10 Å². The Balaban J connectivity index is 1.92. The summed E-state index contributed by atoms with van der Waals surface area (Å²) in [7, 11) is 0. The number of thiophene rings is 1. The first-order valence-corrected chi connectivity index (χ1v) is 6.49. The summed E-state index contributed by atoms with van der Waals surface area (Å²) >= 11 is 1.73. The molecule has 2 aromatic heterocycles. The second-order valence-corrected chi connectivity index (χ2v) is 4.84. The number of fused-ring (bicyclic) bond motifs is 1. The number of benzene rings is 1. The number of rotatable bonds is 3. The van der Waals surface area contributed by atoms with Crippen molar-refractivity contribution in [2.24, 2.45) is 0 Å². The predicted molar refractivity (Wildman–Crippen MR) is 72.5 cm³/mol. The molecular formula is C13H13N3S. The molecule has 86 valence electrons. The molecule has 0 amide bonds. The van der Waals surface area contributed by atoms with Gasteiger partial charge in [-0.05, 0) is 41.4 Å². The van der Waals surface area contributed by atoms with Gasteiger partial charge in [-0.2, -0.15) is 16.4 Å². The Morgan fingerprint density at radius 1 is 1.35 bits per heavy atom. The first kappa shape index (κ1) is 10.4. The molecular weight excluding hydrogens is 230 g/mol. The fourth-order valence-electron chi connectivity index (χ4n) is 1.93. The van der Waals surface area contributed by atoms with Gasteiger partial charge in [0, 0.05) is 17.1 Å². The molecule has 3 rings (SSSR count). The maximum absolute atomic E-state index is 4.07. The largest absolute Gasteiger partial charge is 0.378 e. The number of nitrogens with one attached hydrogen (secondary N) is 2. The Hall–Kier alpha value is -1.81. The molecule has 2 heterocycles. The molecule has 1 atom stereocenters. The summed E-state index contributed by atoms with van der Waals surface area (Å²) in [6.07, 6.45) is 1.86. The highest BCUT2D eigenvalue weighted by atomic mass is 32.1. The molecule has 0 aliphatic heterocycles. The number of H-pyrrole nitrogens is 1. The van der Waals surface area contributed by atoms with Gasteiger partial charge >= 0.3 is 0 Å². The van der Waals surface area contributed by atoms with Gasteiger partial charge in [0.05, 0.1) is 11.7 Å². The lowest BCUT2D eigenvalue weighted by molar-refractivity contribution is 0.893. The van der Waals surface area contributed by atoms with E-state index in [9.17, 15) is 0 Å². The van der Waals surface area contributed by atoms with Crippen molar-refractivity contribution < 1.29 is 0 Å². The Kier molecular flexibility index (Phi) is 2.57. The third-order valence-corrected chi connectivity index (χ3v) is 3.60. The molecule has 1 aromatic carbocycles. The van der Waals surface area contributed by atoms with Gasteiger partial charge in [0.15, 0.2) is 0 Å². The minimum atomic E-state index is 0.307. The summed E-state index contributed by atoms with van der Waals surface area (Å²) in [4.78, 5) is 0. The molecule has 1 unspecified atom stereocenters. The van der Waals surface area contributed by atoms with Crippen LogP contribution in [0.4, 0.5) is 5.69 Å². The van der Waals surface area contributed by atoms with Crippen LogP contribution < -0.4 is 5.32 Å². The highest BCUT2D eigenvalue weighted by Crippen LogP contribution is 2.26. The summed E-state index contributed by atoms with van der Waals surface area (Å²) in [6, 6.07) is 8.60. The van der Waals surface area contributed by atoms with E-state index in [1.54, 1.807) is 11.3 Å². The number of aromatic amines is 1. The third-order valence-electron chi connectivity index (χ3n) is 2.90. The van der Waals surface area contributed by atoms with Gasteiger partial charge in [-0.1, -0.05) is 6.07 Å². The van der Waals surface area contributed by atoms with Crippen LogP contribution in [0.15, 0.2) is 41.2 Å². The van der Waals surface area contributed by atoms with Gasteiger partial charge in [0.2, 0.25) is 0 Å². The number of anilines is 1. The molecule has 0 bridgehead atoms. The third kappa shape index (κ3) is 1.91. The van der Waals surface area contributed by atoms with Gasteiger partial charge in [-0.15, -0.1) is 0 Å². The van der Waals surface area contributed by atoms with Gasteiger partial charge in [-0.25, -0.2) is 0 Å². The fourth-order valence-corrected chi connectivity index (χ4v) is 2.69. The topological polar surface area (TPSA) is 40.7 Å². The quantitative estimate of drug-likeness (QED) is 0.734. The fraction of sp³-hybridized carbons (Fsp3) is 0.154. The standard InChI is InChI=1S/C13H13N3S/c1-9(10-5-6-17-8-10)15-12-3-2-4-13-11(12)7-14-16-13/h2-9,15H,1H3,(H,14,16). The van der Waals surface area contributed by atoms with Gasteiger partial charge < -0.3 is 5.32 Å². The van der Waals surface area contributed by atoms with Crippen LogP contribution in [0.5, 0.6) is 0 Å². The van der Waals surface area contributed by atoms with Crippen molar-refractivity contribution in [1.82, 2.24) is 10.2 Å². The molecule has 0 saturated heterocycles. The molecule has 3 nitrogen and oxygen atoms in total. The van der Waals surface area contributed by atoms with E-state index in [0.29, 0.717) is 6.04 Å². The molecule has 4 heteroatoms. The van der Waals surface area contributed by atoms with Crippen molar-refractivity contribution in [2.75, 3.05) is 5.32 Å². The number of aromatic nitrogens is 2. The highest BCUT2D eigenvalue weighted by molar-refractivity contribution is 7.07. The van der Waals surface area contributed by atoms with Crippen LogP contribution in [0.1, 0.15) is 18.5 Å². The van der Waals surface area contributed by atoms with Crippen LogP contribution in [0.3, 0.4) is 0 Å². The SMILES string of the molecule is CC(Nc1cccc2[nH]ncc12)c1ccsc1. The van der Waals surface area contributed by atoms with E-state index in [-0.39, 0.29) is 0 Å². The average molecular weight is 243 g/mol. The first-order chi connectivity index (χ1) is 8.34.